The second-order valence-electron chi connectivity index (χ2n) is 11.0. The average molecular weight is 502 g/mol. The number of nitrogens with one attached hydrogen (secondary N) is 2. The van der Waals surface area contributed by atoms with Gasteiger partial charge in [-0.3, -0.25) is 9.78 Å². The summed E-state index contributed by atoms with van der Waals surface area (Å²) in [5.41, 5.74) is 9.97. The number of pyridine rings is 2. The fraction of sp³-hybridized carbons (Fsp3) is 0.484. The van der Waals surface area contributed by atoms with Crippen LogP contribution in [0.5, 0.6) is 0 Å². The third kappa shape index (κ3) is 6.68. The van der Waals surface area contributed by atoms with Crippen LogP contribution in [0.15, 0.2) is 41.3 Å². The molecule has 37 heavy (non-hydrogen) atoms. The number of rotatable bonds is 9. The summed E-state index contributed by atoms with van der Waals surface area (Å²) < 4.78 is 0. The lowest BCUT2D eigenvalue weighted by molar-refractivity contribution is 0.397. The Labute approximate surface area is 222 Å². The Morgan fingerprint density at radius 1 is 0.973 bits per heavy atom. The Balaban J connectivity index is 1.63. The molecular formula is C31H43N5O. The Morgan fingerprint density at radius 3 is 2.38 bits per heavy atom. The van der Waals surface area contributed by atoms with Crippen LogP contribution in [0.25, 0.3) is 11.1 Å². The molecule has 0 radical (unpaired) electrons. The highest BCUT2D eigenvalue weighted by atomic mass is 16.1. The van der Waals surface area contributed by atoms with Crippen molar-refractivity contribution in [3.05, 3.63) is 80.5 Å². The quantitative estimate of drug-likeness (QED) is 0.406. The molecule has 0 spiro atoms. The lowest BCUT2D eigenvalue weighted by atomic mass is 9.92. The van der Waals surface area contributed by atoms with Crippen molar-refractivity contribution in [1.29, 1.82) is 0 Å². The highest BCUT2D eigenvalue weighted by Crippen LogP contribution is 2.34. The number of H-pyrrole nitrogens is 1. The minimum Gasteiger partial charge on any atom is -0.371 e. The number of aromatic nitrogens is 2. The van der Waals surface area contributed by atoms with Gasteiger partial charge in [0.25, 0.3) is 5.56 Å². The van der Waals surface area contributed by atoms with Gasteiger partial charge >= 0.3 is 0 Å². The van der Waals surface area contributed by atoms with Crippen molar-refractivity contribution < 1.29 is 0 Å². The van der Waals surface area contributed by atoms with Gasteiger partial charge in [-0.25, -0.2) is 0 Å². The topological polar surface area (TPSA) is 64.3 Å². The highest BCUT2D eigenvalue weighted by Gasteiger charge is 2.21. The molecule has 1 saturated carbocycles. The lowest BCUT2D eigenvalue weighted by Gasteiger charge is -2.35. The molecule has 1 fully saturated rings. The largest absolute Gasteiger partial charge is 0.371 e. The summed E-state index contributed by atoms with van der Waals surface area (Å²) >= 11 is 0. The number of hydrogen-bond acceptors (Lipinski definition) is 5. The molecule has 0 aliphatic heterocycles. The summed E-state index contributed by atoms with van der Waals surface area (Å²) in [7, 11) is 6.38. The van der Waals surface area contributed by atoms with E-state index in [0.717, 1.165) is 34.6 Å². The van der Waals surface area contributed by atoms with E-state index in [9.17, 15) is 4.79 Å². The first-order valence-electron chi connectivity index (χ1n) is 13.6. The third-order valence-electron chi connectivity index (χ3n) is 7.74. The molecule has 0 amide bonds. The van der Waals surface area contributed by atoms with E-state index in [1.54, 1.807) is 0 Å². The molecule has 1 aromatic carbocycles. The number of aryl methyl sites for hydroxylation is 2. The molecule has 2 aromatic heterocycles. The molecule has 2 heterocycles. The van der Waals surface area contributed by atoms with E-state index < -0.39 is 0 Å². The van der Waals surface area contributed by atoms with E-state index in [-0.39, 0.29) is 5.56 Å². The fourth-order valence-corrected chi connectivity index (χ4v) is 5.58. The second-order valence-corrected chi connectivity index (χ2v) is 11.0. The molecule has 0 unspecified atom stereocenters. The molecule has 1 aliphatic rings. The van der Waals surface area contributed by atoms with Gasteiger partial charge in [0.05, 0.1) is 5.69 Å². The van der Waals surface area contributed by atoms with Crippen molar-refractivity contribution in [3.8, 4) is 11.1 Å². The zero-order valence-corrected chi connectivity index (χ0v) is 23.4. The van der Waals surface area contributed by atoms with E-state index in [1.165, 1.54) is 54.5 Å². The predicted octanol–water partition coefficient (Wildman–Crippen LogP) is 5.48. The van der Waals surface area contributed by atoms with Crippen LogP contribution in [0.1, 0.15) is 65.7 Å². The molecule has 6 heteroatoms. The Morgan fingerprint density at radius 2 is 1.73 bits per heavy atom. The molecule has 1 aliphatic carbocycles. The summed E-state index contributed by atoms with van der Waals surface area (Å²) in [6.45, 7) is 8.24. The van der Waals surface area contributed by atoms with Gasteiger partial charge in [-0.2, -0.15) is 0 Å². The monoisotopic (exact) mass is 501 g/mol. The first-order chi connectivity index (χ1) is 17.7. The molecule has 6 nitrogen and oxygen atoms in total. The van der Waals surface area contributed by atoms with Crippen LogP contribution in [0.3, 0.4) is 0 Å². The average Bonchev–Trinajstić information content (AvgIpc) is 2.86. The van der Waals surface area contributed by atoms with Crippen molar-refractivity contribution in [3.63, 3.8) is 0 Å². The number of anilines is 1. The summed E-state index contributed by atoms with van der Waals surface area (Å²) in [5, 5.41) is 3.56. The minimum absolute atomic E-state index is 0.00270. The molecule has 2 N–H and O–H groups in total. The van der Waals surface area contributed by atoms with E-state index in [0.29, 0.717) is 19.1 Å². The second kappa shape index (κ2) is 12.1. The van der Waals surface area contributed by atoms with Crippen LogP contribution in [-0.4, -0.2) is 42.1 Å². The molecule has 0 bridgehead atoms. The SMILES string of the molecule is Cc1cc(C)c(CNCc2cc(-c3ccc(CN(C)C)nc3)cc(N(C)C3CCCCC3)c2C)c(=O)[nH]1. The normalized spacial score (nSPS) is 14.4. The zero-order valence-electron chi connectivity index (χ0n) is 23.4. The Kier molecular flexibility index (Phi) is 8.83. The number of nitrogens with zero attached hydrogens (tertiary/aromatic N) is 3. The van der Waals surface area contributed by atoms with Crippen molar-refractivity contribution >= 4 is 5.69 Å². The van der Waals surface area contributed by atoms with E-state index in [1.807, 2.05) is 26.1 Å². The maximum atomic E-state index is 12.5. The summed E-state index contributed by atoms with van der Waals surface area (Å²) in [6.07, 6.45) is 8.48. The van der Waals surface area contributed by atoms with Crippen molar-refractivity contribution in [2.45, 2.75) is 78.6 Å². The van der Waals surface area contributed by atoms with Gasteiger partial charge in [-0.05, 0) is 94.2 Å². The van der Waals surface area contributed by atoms with E-state index in [4.69, 9.17) is 4.98 Å². The molecule has 0 saturated heterocycles. The van der Waals surface area contributed by atoms with Crippen LogP contribution in [-0.2, 0) is 19.6 Å². The van der Waals surface area contributed by atoms with Gasteiger partial charge in [0, 0.05) is 61.4 Å². The van der Waals surface area contributed by atoms with Gasteiger partial charge in [0.15, 0.2) is 0 Å². The van der Waals surface area contributed by atoms with Crippen LogP contribution >= 0.6 is 0 Å². The van der Waals surface area contributed by atoms with Gasteiger partial charge in [0.1, 0.15) is 0 Å². The van der Waals surface area contributed by atoms with Crippen LogP contribution in [0, 0.1) is 20.8 Å². The van der Waals surface area contributed by atoms with E-state index >= 15 is 0 Å². The molecule has 4 rings (SSSR count). The standard InChI is InChI=1S/C31H43N5O/c1-21-14-22(2)34-31(37)29(21)19-32-17-26-15-25(24-12-13-27(33-18-24)20-35(4)5)16-30(23(26)3)36(6)28-10-8-7-9-11-28/h12-16,18,28,32H,7-11,17,19-20H2,1-6H3,(H,34,37). The van der Waals surface area contributed by atoms with Gasteiger partial charge in [-0.15, -0.1) is 0 Å². The molecule has 3 aromatic rings. The van der Waals surface area contributed by atoms with Crippen molar-refractivity contribution in [2.75, 3.05) is 26.0 Å². The first-order valence-corrected chi connectivity index (χ1v) is 13.6. The number of hydrogen-bond donors (Lipinski definition) is 2. The smallest absolute Gasteiger partial charge is 0.252 e. The lowest BCUT2D eigenvalue weighted by Crippen LogP contribution is -2.34. The minimum atomic E-state index is -0.00270. The molecule has 198 valence electrons. The Hall–Kier alpha value is -2.96. The predicted molar refractivity (Wildman–Crippen MR) is 154 cm³/mol. The molecular weight excluding hydrogens is 458 g/mol. The fourth-order valence-electron chi connectivity index (χ4n) is 5.58. The van der Waals surface area contributed by atoms with E-state index in [2.05, 4.69) is 72.4 Å². The summed E-state index contributed by atoms with van der Waals surface area (Å²) in [5.74, 6) is 0. The summed E-state index contributed by atoms with van der Waals surface area (Å²) in [6, 6.07) is 11.6. The third-order valence-corrected chi connectivity index (χ3v) is 7.74. The zero-order chi connectivity index (χ0) is 26.5. The number of aromatic amines is 1. The van der Waals surface area contributed by atoms with Crippen LogP contribution < -0.4 is 15.8 Å². The van der Waals surface area contributed by atoms with Crippen molar-refractivity contribution in [2.24, 2.45) is 0 Å². The summed E-state index contributed by atoms with van der Waals surface area (Å²) in [4.78, 5) is 24.8. The van der Waals surface area contributed by atoms with Gasteiger partial charge in [0.2, 0.25) is 0 Å². The van der Waals surface area contributed by atoms with Crippen LogP contribution in [0.2, 0.25) is 0 Å². The first kappa shape index (κ1) is 27.1. The van der Waals surface area contributed by atoms with Gasteiger partial charge < -0.3 is 20.1 Å². The maximum Gasteiger partial charge on any atom is 0.252 e. The molecule has 0 atom stereocenters. The number of benzene rings is 1. The Bertz CT molecular complexity index is 1260. The van der Waals surface area contributed by atoms with Gasteiger partial charge in [-0.1, -0.05) is 25.3 Å². The highest BCUT2D eigenvalue weighted by molar-refractivity contribution is 5.72. The van der Waals surface area contributed by atoms with Crippen LogP contribution in [0.4, 0.5) is 5.69 Å². The maximum absolute atomic E-state index is 12.5. The van der Waals surface area contributed by atoms with Crippen molar-refractivity contribution in [1.82, 2.24) is 20.2 Å².